The highest BCUT2D eigenvalue weighted by molar-refractivity contribution is 7.92. The fourth-order valence-electron chi connectivity index (χ4n) is 8.45. The summed E-state index contributed by atoms with van der Waals surface area (Å²) in [6.45, 7) is 11.3. The van der Waals surface area contributed by atoms with E-state index in [0.717, 1.165) is 60.8 Å². The van der Waals surface area contributed by atoms with Crippen LogP contribution in [0.5, 0.6) is 0 Å². The van der Waals surface area contributed by atoms with Crippen LogP contribution in [0.4, 0.5) is 0 Å². The SMILES string of the molecule is C.CC(C)C(=O)/C(=C/C1CCCC1)c1ccc(S(C)(=O)=O)c(Cl)c1.CC(C)C(=O)/C(=C/C1CCCC1)c1ccc(S(C)(=O)=O)cc1.CC(C)C(=O)/C(=C/C1CCCC1)c1ccc(S(C)(=O)=O)s1. The molecule has 0 unspecified atom stereocenters. The molecular weight excluding hydrogens is 944 g/mol. The highest BCUT2D eigenvalue weighted by atomic mass is 35.5. The second kappa shape index (κ2) is 25.4. The molecule has 1 aromatic heterocycles. The van der Waals surface area contributed by atoms with Gasteiger partial charge in [-0.25, -0.2) is 25.3 Å². The first kappa shape index (κ1) is 57.8. The van der Waals surface area contributed by atoms with E-state index in [1.54, 1.807) is 48.5 Å². The van der Waals surface area contributed by atoms with Gasteiger partial charge in [0, 0.05) is 58.1 Å². The molecule has 14 heteroatoms. The van der Waals surface area contributed by atoms with Gasteiger partial charge in [0.2, 0.25) is 0 Å². The molecule has 370 valence electrons. The second-order valence-corrected chi connectivity index (χ2v) is 26.8. The lowest BCUT2D eigenvalue weighted by Gasteiger charge is -2.14. The van der Waals surface area contributed by atoms with Gasteiger partial charge >= 0.3 is 0 Å². The number of carbonyl (C=O) groups is 3. The van der Waals surface area contributed by atoms with Crippen molar-refractivity contribution in [1.82, 2.24) is 0 Å². The number of benzene rings is 2. The van der Waals surface area contributed by atoms with Crippen molar-refractivity contribution in [3.8, 4) is 0 Å². The third-order valence-electron chi connectivity index (χ3n) is 12.2. The molecule has 3 fully saturated rings. The van der Waals surface area contributed by atoms with Gasteiger partial charge in [0.25, 0.3) is 0 Å². The minimum atomic E-state index is -3.37. The van der Waals surface area contributed by atoms with Crippen molar-refractivity contribution in [1.29, 1.82) is 0 Å². The lowest BCUT2D eigenvalue weighted by molar-refractivity contribution is -0.117. The number of Topliss-reactive ketones (excluding diaryl/α,β-unsaturated/α-hetero) is 3. The van der Waals surface area contributed by atoms with Gasteiger partial charge in [-0.1, -0.05) is 136 Å². The quantitative estimate of drug-likeness (QED) is 0.135. The van der Waals surface area contributed by atoms with Gasteiger partial charge < -0.3 is 0 Å². The Balaban J connectivity index is 0.000000265. The summed E-state index contributed by atoms with van der Waals surface area (Å²) in [5.74, 6) is 1.36. The first-order valence-electron chi connectivity index (χ1n) is 23.2. The largest absolute Gasteiger partial charge is 0.294 e. The zero-order valence-corrected chi connectivity index (χ0v) is 44.1. The van der Waals surface area contributed by atoms with Crippen LogP contribution in [0.3, 0.4) is 0 Å². The molecule has 2 aromatic carbocycles. The van der Waals surface area contributed by atoms with Crippen molar-refractivity contribution in [3.63, 3.8) is 0 Å². The molecule has 0 saturated heterocycles. The van der Waals surface area contributed by atoms with Crippen molar-refractivity contribution in [3.05, 3.63) is 93.9 Å². The summed E-state index contributed by atoms with van der Waals surface area (Å²) < 4.78 is 70.1. The van der Waals surface area contributed by atoms with E-state index in [2.05, 4.69) is 18.2 Å². The minimum absolute atomic E-state index is 0. The molecule has 0 aliphatic heterocycles. The average Bonchev–Trinajstić information content (AvgIpc) is 4.09. The normalized spacial score (nSPS) is 17.0. The molecule has 3 aromatic rings. The maximum Gasteiger partial charge on any atom is 0.184 e. The van der Waals surface area contributed by atoms with E-state index >= 15 is 0 Å². The average molecular weight is 1020 g/mol. The van der Waals surface area contributed by atoms with E-state index < -0.39 is 29.5 Å². The van der Waals surface area contributed by atoms with E-state index in [-0.39, 0.29) is 57.3 Å². The molecule has 67 heavy (non-hydrogen) atoms. The summed E-state index contributed by atoms with van der Waals surface area (Å²) in [6, 6.07) is 14.8. The molecular formula is C53H73ClO9S4. The van der Waals surface area contributed by atoms with Gasteiger partial charge in [-0.15, -0.1) is 11.3 Å². The van der Waals surface area contributed by atoms with Crippen LogP contribution in [0.2, 0.25) is 5.02 Å². The van der Waals surface area contributed by atoms with Crippen LogP contribution in [0, 0.1) is 35.5 Å². The maximum atomic E-state index is 12.6. The topological polar surface area (TPSA) is 154 Å². The fraction of sp³-hybridized carbons (Fsp3) is 0.528. The molecule has 1 heterocycles. The summed E-state index contributed by atoms with van der Waals surface area (Å²) in [5.41, 5.74) is 3.62. The lowest BCUT2D eigenvalue weighted by Crippen LogP contribution is -2.11. The van der Waals surface area contributed by atoms with Crippen molar-refractivity contribution < 1.29 is 39.6 Å². The molecule has 3 saturated carbocycles. The third-order valence-corrected chi connectivity index (χ3v) is 17.9. The molecule has 0 amide bonds. The monoisotopic (exact) mass is 1020 g/mol. The van der Waals surface area contributed by atoms with E-state index in [1.165, 1.54) is 68.4 Å². The van der Waals surface area contributed by atoms with Crippen molar-refractivity contribution in [2.45, 2.75) is 140 Å². The number of sulfone groups is 3. The third kappa shape index (κ3) is 17.2. The summed E-state index contributed by atoms with van der Waals surface area (Å²) in [6.07, 6.45) is 23.7. The highest BCUT2D eigenvalue weighted by Gasteiger charge is 2.25. The van der Waals surface area contributed by atoms with E-state index in [4.69, 9.17) is 11.6 Å². The summed E-state index contributed by atoms with van der Waals surface area (Å²) in [7, 11) is -9.79. The number of carbonyl (C=O) groups excluding carboxylic acids is 3. The second-order valence-electron chi connectivity index (χ2n) is 19.0. The first-order chi connectivity index (χ1) is 30.8. The van der Waals surface area contributed by atoms with Crippen molar-refractivity contribution in [2.24, 2.45) is 35.5 Å². The Morgan fingerprint density at radius 1 is 0.522 bits per heavy atom. The zero-order valence-electron chi connectivity index (χ0n) is 40.1. The van der Waals surface area contributed by atoms with Gasteiger partial charge in [0.1, 0.15) is 4.21 Å². The van der Waals surface area contributed by atoms with Crippen molar-refractivity contribution >= 4 is 86.5 Å². The Kier molecular flexibility index (Phi) is 21.9. The summed E-state index contributed by atoms with van der Waals surface area (Å²) in [4.78, 5) is 38.8. The number of ketones is 3. The Hall–Kier alpha value is -3.49. The number of allylic oxidation sites excluding steroid dienone is 6. The molecule has 0 bridgehead atoms. The highest BCUT2D eigenvalue weighted by Crippen LogP contribution is 2.36. The Bertz CT molecular complexity index is 2610. The predicted molar refractivity (Wildman–Crippen MR) is 278 cm³/mol. The molecule has 0 radical (unpaired) electrons. The Morgan fingerprint density at radius 3 is 1.24 bits per heavy atom. The molecule has 0 atom stereocenters. The molecule has 0 spiro atoms. The first-order valence-corrected chi connectivity index (χ1v) is 30.0. The number of hydrogen-bond acceptors (Lipinski definition) is 10. The number of rotatable bonds is 15. The summed E-state index contributed by atoms with van der Waals surface area (Å²) in [5, 5.41) is 0.166. The van der Waals surface area contributed by atoms with Gasteiger partial charge in [0.15, 0.2) is 46.9 Å². The zero-order chi connectivity index (χ0) is 49.1. The molecule has 6 rings (SSSR count). The van der Waals surface area contributed by atoms with Crippen LogP contribution in [-0.2, 0) is 43.9 Å². The molecule has 9 nitrogen and oxygen atoms in total. The van der Waals surface area contributed by atoms with Crippen LogP contribution in [0.1, 0.15) is 142 Å². The molecule has 3 aliphatic rings. The van der Waals surface area contributed by atoms with E-state index in [1.807, 2.05) is 41.5 Å². The van der Waals surface area contributed by atoms with Crippen LogP contribution < -0.4 is 0 Å². The smallest absolute Gasteiger partial charge is 0.184 e. The fourth-order valence-corrected chi connectivity index (χ4v) is 12.4. The predicted octanol–water partition coefficient (Wildman–Crippen LogP) is 13.0. The van der Waals surface area contributed by atoms with Crippen LogP contribution in [0.15, 0.2) is 86.8 Å². The molecule has 0 N–H and O–H groups in total. The van der Waals surface area contributed by atoms with Gasteiger partial charge in [-0.05, 0) is 104 Å². The number of hydrogen-bond donors (Lipinski definition) is 0. The van der Waals surface area contributed by atoms with Gasteiger partial charge in [0.05, 0.1) is 14.8 Å². The van der Waals surface area contributed by atoms with Crippen LogP contribution in [0.25, 0.3) is 16.7 Å². The minimum Gasteiger partial charge on any atom is -0.294 e. The van der Waals surface area contributed by atoms with Crippen molar-refractivity contribution in [2.75, 3.05) is 18.8 Å². The van der Waals surface area contributed by atoms with Gasteiger partial charge in [-0.2, -0.15) is 0 Å². The molecule has 3 aliphatic carbocycles. The summed E-state index contributed by atoms with van der Waals surface area (Å²) >= 11 is 7.34. The number of halogens is 1. The van der Waals surface area contributed by atoms with Crippen LogP contribution in [-0.4, -0.2) is 61.4 Å². The lowest BCUT2D eigenvalue weighted by atomic mass is 9.91. The standard InChI is InChI=1S/C18H23ClO3S.C18H24O3S.C16H22O3S2.CH4/c1-12(2)18(20)15(10-13-6-4-5-7-13)14-8-9-17(16(19)11-14)23(3,21)22;1-13(2)18(19)17(12-14-6-4-5-7-14)15-8-10-16(11-9-15)22(3,20)21;1-11(2)16(17)13(10-12-6-4-5-7-12)14-8-9-15(20-14)21(3,18)19;/h8-13H,4-7H2,1-3H3;8-14H,4-7H2,1-3H3;8-12H,4-7H2,1-3H3;1H4/b15-10+;17-12+;13-10+;. The maximum absolute atomic E-state index is 12.6. The van der Waals surface area contributed by atoms with Crippen LogP contribution >= 0.6 is 22.9 Å². The van der Waals surface area contributed by atoms with E-state index in [9.17, 15) is 39.6 Å². The van der Waals surface area contributed by atoms with Gasteiger partial charge in [-0.3, -0.25) is 14.4 Å². The number of thiophene rings is 1. The van der Waals surface area contributed by atoms with E-state index in [0.29, 0.717) is 38.7 Å². The Labute approximate surface area is 411 Å². The Morgan fingerprint density at radius 2 is 0.896 bits per heavy atom.